The lowest BCUT2D eigenvalue weighted by Crippen LogP contribution is -2.18. The van der Waals surface area contributed by atoms with E-state index < -0.39 is 0 Å². The molecule has 0 aliphatic carbocycles. The van der Waals surface area contributed by atoms with Gasteiger partial charge in [-0.2, -0.15) is 0 Å². The van der Waals surface area contributed by atoms with E-state index in [9.17, 15) is 0 Å². The minimum Gasteiger partial charge on any atom is -0.381 e. The summed E-state index contributed by atoms with van der Waals surface area (Å²) >= 11 is 0. The Morgan fingerprint density at radius 1 is 1.73 bits per heavy atom. The molecule has 0 radical (unpaired) electrons. The van der Waals surface area contributed by atoms with Gasteiger partial charge in [0.05, 0.1) is 18.6 Å². The van der Waals surface area contributed by atoms with Gasteiger partial charge in [0.2, 0.25) is 0 Å². The normalized spacial score (nSPS) is 23.2. The van der Waals surface area contributed by atoms with Crippen molar-refractivity contribution in [1.82, 2.24) is 9.55 Å². The molecule has 2 heterocycles. The molecule has 0 aromatic carbocycles. The summed E-state index contributed by atoms with van der Waals surface area (Å²) in [5, 5.41) is 0. The monoisotopic (exact) mass is 209 g/mol. The van der Waals surface area contributed by atoms with E-state index in [1.54, 1.807) is 0 Å². The summed E-state index contributed by atoms with van der Waals surface area (Å²) in [6, 6.07) is 0.106. The van der Waals surface area contributed by atoms with Crippen LogP contribution in [0, 0.1) is 5.92 Å². The van der Waals surface area contributed by atoms with Gasteiger partial charge in [-0.1, -0.05) is 6.92 Å². The van der Waals surface area contributed by atoms with Gasteiger partial charge in [0, 0.05) is 31.3 Å². The molecule has 4 nitrogen and oxygen atoms in total. The molecule has 1 aliphatic heterocycles. The van der Waals surface area contributed by atoms with Crippen LogP contribution in [0.25, 0.3) is 0 Å². The highest BCUT2D eigenvalue weighted by molar-refractivity contribution is 5.04. The van der Waals surface area contributed by atoms with Crippen molar-refractivity contribution >= 4 is 0 Å². The van der Waals surface area contributed by atoms with Gasteiger partial charge in [0.15, 0.2) is 0 Å². The Labute approximate surface area is 90.4 Å². The van der Waals surface area contributed by atoms with E-state index in [1.165, 1.54) is 0 Å². The van der Waals surface area contributed by atoms with Crippen LogP contribution in [0.5, 0.6) is 0 Å². The fraction of sp³-hybridized carbons (Fsp3) is 0.727. The molecule has 0 amide bonds. The molecule has 1 saturated heterocycles. The van der Waals surface area contributed by atoms with Gasteiger partial charge < -0.3 is 15.0 Å². The zero-order valence-corrected chi connectivity index (χ0v) is 9.22. The largest absolute Gasteiger partial charge is 0.381 e. The smallest absolute Gasteiger partial charge is 0.0948 e. The van der Waals surface area contributed by atoms with Crippen molar-refractivity contribution in [2.75, 3.05) is 13.2 Å². The third-order valence-corrected chi connectivity index (χ3v) is 3.04. The van der Waals surface area contributed by atoms with Crippen molar-refractivity contribution in [3.05, 3.63) is 18.2 Å². The first-order chi connectivity index (χ1) is 7.31. The molecule has 1 aromatic heterocycles. The van der Waals surface area contributed by atoms with Gasteiger partial charge in [-0.3, -0.25) is 0 Å². The van der Waals surface area contributed by atoms with Crippen LogP contribution >= 0.6 is 0 Å². The maximum absolute atomic E-state index is 6.02. The highest BCUT2D eigenvalue weighted by Crippen LogP contribution is 2.19. The molecule has 84 valence electrons. The van der Waals surface area contributed by atoms with Gasteiger partial charge in [-0.15, -0.1) is 0 Å². The minimum atomic E-state index is 0.106. The Morgan fingerprint density at radius 2 is 2.60 bits per heavy atom. The number of aromatic nitrogens is 2. The first-order valence-electron chi connectivity index (χ1n) is 5.64. The number of hydrogen-bond donors (Lipinski definition) is 1. The summed E-state index contributed by atoms with van der Waals surface area (Å²) in [5.74, 6) is 0.627. The Bertz CT molecular complexity index is 305. The molecule has 0 spiro atoms. The maximum Gasteiger partial charge on any atom is 0.0948 e. The Kier molecular flexibility index (Phi) is 3.38. The molecular weight excluding hydrogens is 190 g/mol. The van der Waals surface area contributed by atoms with E-state index in [4.69, 9.17) is 10.5 Å². The second kappa shape index (κ2) is 4.77. The third kappa shape index (κ3) is 2.38. The third-order valence-electron chi connectivity index (χ3n) is 3.04. The lowest BCUT2D eigenvalue weighted by atomic mass is 10.1. The average Bonchev–Trinajstić information content (AvgIpc) is 2.88. The van der Waals surface area contributed by atoms with Crippen LogP contribution in [0.15, 0.2) is 12.5 Å². The summed E-state index contributed by atoms with van der Waals surface area (Å²) in [4.78, 5) is 4.18. The van der Waals surface area contributed by atoms with E-state index in [0.29, 0.717) is 5.92 Å². The van der Waals surface area contributed by atoms with Crippen LogP contribution in [0.4, 0.5) is 0 Å². The SMILES string of the molecule is CC[C@@H](N)c1cncn1CC1CCOC1. The molecule has 1 fully saturated rings. The molecule has 2 N–H and O–H groups in total. The van der Waals surface area contributed by atoms with E-state index in [-0.39, 0.29) is 6.04 Å². The second-order valence-corrected chi connectivity index (χ2v) is 4.22. The van der Waals surface area contributed by atoms with Gasteiger partial charge >= 0.3 is 0 Å². The molecule has 1 aromatic rings. The topological polar surface area (TPSA) is 53.1 Å². The van der Waals surface area contributed by atoms with Crippen LogP contribution in [0.1, 0.15) is 31.5 Å². The molecule has 15 heavy (non-hydrogen) atoms. The van der Waals surface area contributed by atoms with Gasteiger partial charge in [0.1, 0.15) is 0 Å². The van der Waals surface area contributed by atoms with Crippen molar-refractivity contribution in [3.8, 4) is 0 Å². The quantitative estimate of drug-likeness (QED) is 0.814. The van der Waals surface area contributed by atoms with E-state index >= 15 is 0 Å². The van der Waals surface area contributed by atoms with E-state index in [0.717, 1.165) is 38.3 Å². The summed E-state index contributed by atoms with van der Waals surface area (Å²) in [7, 11) is 0. The zero-order valence-electron chi connectivity index (χ0n) is 9.22. The van der Waals surface area contributed by atoms with Crippen LogP contribution in [0.2, 0.25) is 0 Å². The van der Waals surface area contributed by atoms with Crippen LogP contribution in [-0.2, 0) is 11.3 Å². The number of ether oxygens (including phenoxy) is 1. The number of rotatable bonds is 4. The molecule has 0 bridgehead atoms. The van der Waals surface area contributed by atoms with Crippen LogP contribution in [0.3, 0.4) is 0 Å². The second-order valence-electron chi connectivity index (χ2n) is 4.22. The Morgan fingerprint density at radius 3 is 3.27 bits per heavy atom. The van der Waals surface area contributed by atoms with Crippen LogP contribution in [-0.4, -0.2) is 22.8 Å². The highest BCUT2D eigenvalue weighted by Gasteiger charge is 2.18. The molecule has 2 rings (SSSR count). The van der Waals surface area contributed by atoms with Gasteiger partial charge in [0.25, 0.3) is 0 Å². The summed E-state index contributed by atoms with van der Waals surface area (Å²) in [5.41, 5.74) is 7.16. The predicted molar refractivity (Wildman–Crippen MR) is 58.4 cm³/mol. The summed E-state index contributed by atoms with van der Waals surface area (Å²) in [6.07, 6.45) is 5.86. The molecule has 4 heteroatoms. The summed E-state index contributed by atoms with van der Waals surface area (Å²) < 4.78 is 7.54. The fourth-order valence-corrected chi connectivity index (χ4v) is 2.01. The average molecular weight is 209 g/mol. The number of imidazole rings is 1. The van der Waals surface area contributed by atoms with Crippen molar-refractivity contribution in [1.29, 1.82) is 0 Å². The van der Waals surface area contributed by atoms with Gasteiger partial charge in [-0.05, 0) is 12.8 Å². The predicted octanol–water partition coefficient (Wildman–Crippen LogP) is 1.33. The fourth-order valence-electron chi connectivity index (χ4n) is 2.01. The molecule has 0 saturated carbocycles. The van der Waals surface area contributed by atoms with Gasteiger partial charge in [-0.25, -0.2) is 4.98 Å². The van der Waals surface area contributed by atoms with E-state index in [2.05, 4.69) is 16.5 Å². The van der Waals surface area contributed by atoms with Crippen molar-refractivity contribution in [3.63, 3.8) is 0 Å². The summed E-state index contributed by atoms with van der Waals surface area (Å²) in [6.45, 7) is 4.86. The van der Waals surface area contributed by atoms with Crippen LogP contribution < -0.4 is 5.73 Å². The Balaban J connectivity index is 2.03. The number of nitrogens with zero attached hydrogens (tertiary/aromatic N) is 2. The molecule has 1 unspecified atom stereocenters. The maximum atomic E-state index is 6.02. The number of nitrogens with two attached hydrogens (primary N) is 1. The Hall–Kier alpha value is -0.870. The lowest BCUT2D eigenvalue weighted by Gasteiger charge is -2.15. The van der Waals surface area contributed by atoms with E-state index in [1.807, 2.05) is 12.5 Å². The minimum absolute atomic E-state index is 0.106. The first-order valence-corrected chi connectivity index (χ1v) is 5.64. The number of hydrogen-bond acceptors (Lipinski definition) is 3. The molecule has 2 atom stereocenters. The standard InChI is InChI=1S/C11H19N3O/c1-2-10(12)11-5-13-8-14(11)6-9-3-4-15-7-9/h5,8-10H,2-4,6-7,12H2,1H3/t9?,10-/m1/s1. The lowest BCUT2D eigenvalue weighted by molar-refractivity contribution is 0.182. The highest BCUT2D eigenvalue weighted by atomic mass is 16.5. The van der Waals surface area contributed by atoms with Crippen molar-refractivity contribution < 1.29 is 4.74 Å². The van der Waals surface area contributed by atoms with Crippen molar-refractivity contribution in [2.45, 2.75) is 32.4 Å². The first kappa shape index (κ1) is 10.6. The zero-order chi connectivity index (χ0) is 10.7. The molecular formula is C11H19N3O. The van der Waals surface area contributed by atoms with Crippen molar-refractivity contribution in [2.24, 2.45) is 11.7 Å². The molecule has 1 aliphatic rings.